The molecule has 0 saturated carbocycles. The van der Waals surface area contributed by atoms with E-state index in [0.29, 0.717) is 25.7 Å². The molecule has 0 unspecified atom stereocenters. The predicted octanol–water partition coefficient (Wildman–Crippen LogP) is 4.25. The summed E-state index contributed by atoms with van der Waals surface area (Å²) in [6, 6.07) is 0. The molecule has 0 spiro atoms. The van der Waals surface area contributed by atoms with Crippen molar-refractivity contribution >= 4 is 0 Å². The first kappa shape index (κ1) is 17.3. The molecule has 0 aromatic heterocycles. The monoisotopic (exact) mass is 346 g/mol. The van der Waals surface area contributed by atoms with Crippen LogP contribution in [0.2, 0.25) is 0 Å². The van der Waals surface area contributed by atoms with Gasteiger partial charge in [-0.2, -0.15) is 0 Å². The van der Waals surface area contributed by atoms with E-state index in [4.69, 9.17) is 8.44 Å². The molecule has 3 nitrogen and oxygen atoms in total. The average molecular weight is 348 g/mol. The van der Waals surface area contributed by atoms with Crippen LogP contribution in [0, 0.1) is 5.92 Å². The second kappa shape index (κ2) is 8.51. The van der Waals surface area contributed by atoms with Crippen LogP contribution in [0.3, 0.4) is 0 Å². The van der Waals surface area contributed by atoms with Crippen molar-refractivity contribution < 1.29 is 30.0 Å². The zero-order chi connectivity index (χ0) is 14.3. The molecule has 0 aromatic rings. The Morgan fingerprint density at radius 2 is 1.58 bits per heavy atom. The van der Waals surface area contributed by atoms with E-state index in [9.17, 15) is 0 Å². The maximum absolute atomic E-state index is 6.07. The summed E-state index contributed by atoms with van der Waals surface area (Å²) in [6.07, 6.45) is 6.48. The zero-order valence-electron chi connectivity index (χ0n) is 13.0. The standard InChI is InChI=1S/C9H13.3C2H5O.Zr/c1-8(2)7-9-5-3-4-6-9;3*1-2-3;/h3,5,8H,4,7H2,1-2H3;3*2H2,1H3;/q;3*-1;+3. The normalized spacial score (nSPS) is 15.9. The van der Waals surface area contributed by atoms with Gasteiger partial charge in [-0.05, 0) is 0 Å². The second-order valence-corrected chi connectivity index (χ2v) is 11.4. The molecule has 0 aromatic carbocycles. The van der Waals surface area contributed by atoms with Crippen molar-refractivity contribution in [1.29, 1.82) is 0 Å². The van der Waals surface area contributed by atoms with E-state index < -0.39 is 21.6 Å². The van der Waals surface area contributed by atoms with Crippen LogP contribution < -0.4 is 0 Å². The number of rotatable bonds is 9. The first-order chi connectivity index (χ1) is 9.09. The van der Waals surface area contributed by atoms with E-state index >= 15 is 0 Å². The van der Waals surface area contributed by atoms with Gasteiger partial charge in [0.25, 0.3) is 0 Å². The van der Waals surface area contributed by atoms with Crippen molar-refractivity contribution in [2.24, 2.45) is 5.92 Å². The molecule has 1 aliphatic carbocycles. The second-order valence-electron chi connectivity index (χ2n) is 5.06. The summed E-state index contributed by atoms with van der Waals surface area (Å²) in [5.74, 6) is 0.640. The molecule has 4 heteroatoms. The maximum atomic E-state index is 6.07. The molecule has 0 heterocycles. The molecular formula is C15H28O3Zr. The fraction of sp³-hybridized carbons (Fsp3) is 0.733. The molecule has 0 bridgehead atoms. The Kier molecular flexibility index (Phi) is 7.75. The first-order valence-corrected chi connectivity index (χ1v) is 11.6. The van der Waals surface area contributed by atoms with Gasteiger partial charge >= 0.3 is 124 Å². The van der Waals surface area contributed by atoms with Gasteiger partial charge in [0, 0.05) is 0 Å². The summed E-state index contributed by atoms with van der Waals surface area (Å²) in [4.78, 5) is 0. The third-order valence-electron chi connectivity index (χ3n) is 3.03. The quantitative estimate of drug-likeness (QED) is 0.624. The molecule has 1 rings (SSSR count). The van der Waals surface area contributed by atoms with Gasteiger partial charge in [-0.3, -0.25) is 0 Å². The van der Waals surface area contributed by atoms with E-state index in [2.05, 4.69) is 26.0 Å². The van der Waals surface area contributed by atoms with E-state index in [-0.39, 0.29) is 0 Å². The number of hydrogen-bond acceptors (Lipinski definition) is 3. The molecule has 0 atom stereocenters. The van der Waals surface area contributed by atoms with Gasteiger partial charge in [0.15, 0.2) is 0 Å². The minimum atomic E-state index is -3.54. The van der Waals surface area contributed by atoms with Crippen LogP contribution >= 0.6 is 0 Å². The van der Waals surface area contributed by atoms with Crippen LogP contribution in [0.1, 0.15) is 47.5 Å². The Morgan fingerprint density at radius 3 is 2.00 bits per heavy atom. The third kappa shape index (κ3) is 4.63. The van der Waals surface area contributed by atoms with Crippen LogP contribution in [0.25, 0.3) is 0 Å². The molecule has 0 amide bonds. The van der Waals surface area contributed by atoms with Crippen LogP contribution in [0.5, 0.6) is 0 Å². The Morgan fingerprint density at radius 1 is 1.05 bits per heavy atom. The van der Waals surface area contributed by atoms with Gasteiger partial charge < -0.3 is 0 Å². The van der Waals surface area contributed by atoms with Crippen molar-refractivity contribution in [3.63, 3.8) is 0 Å². The third-order valence-corrected chi connectivity index (χ3v) is 11.1. The van der Waals surface area contributed by atoms with Crippen molar-refractivity contribution in [3.8, 4) is 0 Å². The van der Waals surface area contributed by atoms with Gasteiger partial charge in [-0.15, -0.1) is 0 Å². The van der Waals surface area contributed by atoms with Gasteiger partial charge in [-0.1, -0.05) is 0 Å². The van der Waals surface area contributed by atoms with Crippen molar-refractivity contribution in [2.75, 3.05) is 19.8 Å². The van der Waals surface area contributed by atoms with Gasteiger partial charge in [0.2, 0.25) is 0 Å². The fourth-order valence-corrected chi connectivity index (χ4v) is 9.49. The Balaban J connectivity index is 3.06. The molecule has 0 saturated heterocycles. The van der Waals surface area contributed by atoms with Crippen molar-refractivity contribution in [1.82, 2.24) is 0 Å². The van der Waals surface area contributed by atoms with Crippen LogP contribution in [-0.4, -0.2) is 19.8 Å². The van der Waals surface area contributed by atoms with Crippen LogP contribution in [0.15, 0.2) is 21.0 Å². The SMILES string of the molecule is CC[O][Zr]([O]CC)([O]CC)[C]1=C(CC(C)C)C=CC1. The van der Waals surface area contributed by atoms with Crippen molar-refractivity contribution in [3.05, 3.63) is 21.0 Å². The van der Waals surface area contributed by atoms with Gasteiger partial charge in [0.1, 0.15) is 0 Å². The van der Waals surface area contributed by atoms with Crippen LogP contribution in [0.4, 0.5) is 0 Å². The fourth-order valence-electron chi connectivity index (χ4n) is 2.46. The van der Waals surface area contributed by atoms with E-state index in [1.807, 2.05) is 20.8 Å². The molecule has 110 valence electrons. The van der Waals surface area contributed by atoms with Gasteiger partial charge in [0.05, 0.1) is 0 Å². The number of allylic oxidation sites excluding steroid dienone is 4. The van der Waals surface area contributed by atoms with Gasteiger partial charge in [-0.25, -0.2) is 0 Å². The molecule has 1 aliphatic rings. The van der Waals surface area contributed by atoms with E-state index in [1.54, 1.807) is 0 Å². The summed E-state index contributed by atoms with van der Waals surface area (Å²) in [5, 5.41) is 0. The Labute approximate surface area is 124 Å². The van der Waals surface area contributed by atoms with E-state index in [1.165, 1.54) is 8.85 Å². The first-order valence-electron chi connectivity index (χ1n) is 7.40. The Hall–Kier alpha value is 0.243. The average Bonchev–Trinajstić information content (AvgIpc) is 2.77. The summed E-state index contributed by atoms with van der Waals surface area (Å²) in [6.45, 7) is 12.5. The Bertz CT molecular complexity index is 317. The summed E-state index contributed by atoms with van der Waals surface area (Å²) >= 11 is -3.54. The minimum absolute atomic E-state index is 0.640. The molecule has 0 N–H and O–H groups in total. The summed E-state index contributed by atoms with van der Waals surface area (Å²) < 4.78 is 19.6. The van der Waals surface area contributed by atoms with E-state index in [0.717, 1.165) is 12.8 Å². The summed E-state index contributed by atoms with van der Waals surface area (Å²) in [7, 11) is 0. The number of hydrogen-bond donors (Lipinski definition) is 0. The predicted molar refractivity (Wildman–Crippen MR) is 75.1 cm³/mol. The van der Waals surface area contributed by atoms with Crippen molar-refractivity contribution in [2.45, 2.75) is 47.5 Å². The molecular weight excluding hydrogens is 319 g/mol. The molecule has 0 aliphatic heterocycles. The summed E-state index contributed by atoms with van der Waals surface area (Å²) in [5.41, 5.74) is 1.39. The zero-order valence-corrected chi connectivity index (χ0v) is 15.5. The topological polar surface area (TPSA) is 27.7 Å². The van der Waals surface area contributed by atoms with Crippen LogP contribution in [-0.2, 0) is 30.0 Å². The molecule has 0 fully saturated rings. The molecule has 19 heavy (non-hydrogen) atoms. The molecule has 0 radical (unpaired) electrons.